The fourth-order valence-electron chi connectivity index (χ4n) is 1.25. The molecule has 5 heteroatoms. The zero-order valence-electron chi connectivity index (χ0n) is 7.98. The first-order chi connectivity index (χ1) is 6.88. The molecule has 0 fully saturated rings. The lowest BCUT2D eigenvalue weighted by Gasteiger charge is -2.13. The molecule has 1 atom stereocenters. The molecule has 0 saturated heterocycles. The number of rotatable bonds is 2. The van der Waals surface area contributed by atoms with E-state index in [0.29, 0.717) is 6.07 Å². The predicted octanol–water partition coefficient (Wildman–Crippen LogP) is 3.29. The van der Waals surface area contributed by atoms with Gasteiger partial charge < -0.3 is 5.11 Å². The van der Waals surface area contributed by atoms with Gasteiger partial charge in [-0.05, 0) is 12.5 Å². The van der Waals surface area contributed by atoms with Crippen LogP contribution in [-0.2, 0) is 6.18 Å². The van der Waals surface area contributed by atoms with Crippen molar-refractivity contribution in [2.45, 2.75) is 25.6 Å². The lowest BCUT2D eigenvalue weighted by Crippen LogP contribution is -2.11. The number of benzene rings is 1. The zero-order chi connectivity index (χ0) is 11.6. The van der Waals surface area contributed by atoms with Gasteiger partial charge in [0.1, 0.15) is 5.82 Å². The van der Waals surface area contributed by atoms with Crippen LogP contribution < -0.4 is 0 Å². The van der Waals surface area contributed by atoms with Gasteiger partial charge in [0.25, 0.3) is 0 Å². The molecule has 0 aliphatic rings. The standard InChI is InChI=1S/C10H10F4O/c1-2-8(15)6-4-3-5-7(9(6)11)10(12,13)14/h3-5,8,15H,2H2,1H3/t8-/m0/s1. The van der Waals surface area contributed by atoms with Gasteiger partial charge in [0.15, 0.2) is 0 Å². The molecule has 1 rings (SSSR count). The first-order valence-electron chi connectivity index (χ1n) is 4.41. The Morgan fingerprint density at radius 2 is 1.93 bits per heavy atom. The van der Waals surface area contributed by atoms with Gasteiger partial charge in [-0.3, -0.25) is 0 Å². The highest BCUT2D eigenvalue weighted by atomic mass is 19.4. The summed E-state index contributed by atoms with van der Waals surface area (Å²) < 4.78 is 50.1. The molecule has 1 aromatic carbocycles. The number of hydrogen-bond donors (Lipinski definition) is 1. The lowest BCUT2D eigenvalue weighted by atomic mass is 10.0. The summed E-state index contributed by atoms with van der Waals surface area (Å²) in [6.07, 6.45) is -5.77. The van der Waals surface area contributed by atoms with E-state index >= 15 is 0 Å². The molecule has 1 nitrogen and oxygen atoms in total. The van der Waals surface area contributed by atoms with E-state index < -0.39 is 23.7 Å². The molecule has 0 aliphatic heterocycles. The average molecular weight is 222 g/mol. The van der Waals surface area contributed by atoms with Crippen molar-refractivity contribution in [1.82, 2.24) is 0 Å². The molecule has 0 aromatic heterocycles. The van der Waals surface area contributed by atoms with Gasteiger partial charge in [0, 0.05) is 5.56 Å². The number of aliphatic hydroxyl groups excluding tert-OH is 1. The van der Waals surface area contributed by atoms with Crippen LogP contribution in [0.5, 0.6) is 0 Å². The van der Waals surface area contributed by atoms with Crippen LogP contribution in [0, 0.1) is 5.82 Å². The van der Waals surface area contributed by atoms with Gasteiger partial charge in [0.2, 0.25) is 0 Å². The van der Waals surface area contributed by atoms with Gasteiger partial charge >= 0.3 is 6.18 Å². The van der Waals surface area contributed by atoms with E-state index in [1.54, 1.807) is 6.92 Å². The van der Waals surface area contributed by atoms with Crippen molar-refractivity contribution in [3.63, 3.8) is 0 Å². The predicted molar refractivity (Wildman–Crippen MR) is 46.7 cm³/mol. The quantitative estimate of drug-likeness (QED) is 0.761. The number of alkyl halides is 3. The Morgan fingerprint density at radius 3 is 2.40 bits per heavy atom. The maximum atomic E-state index is 13.3. The summed E-state index contributed by atoms with van der Waals surface area (Å²) in [5, 5.41) is 9.29. The summed E-state index contributed by atoms with van der Waals surface area (Å²) in [5.41, 5.74) is -1.65. The minimum Gasteiger partial charge on any atom is -0.388 e. The molecule has 1 aromatic rings. The first-order valence-corrected chi connectivity index (χ1v) is 4.41. The van der Waals surface area contributed by atoms with Crippen molar-refractivity contribution in [3.05, 3.63) is 35.1 Å². The summed E-state index contributed by atoms with van der Waals surface area (Å²) in [6, 6.07) is 2.89. The molecular weight excluding hydrogens is 212 g/mol. The Kier molecular flexibility index (Phi) is 3.34. The Balaban J connectivity index is 3.23. The maximum absolute atomic E-state index is 13.3. The number of halogens is 4. The van der Waals surface area contributed by atoms with E-state index in [0.717, 1.165) is 12.1 Å². The maximum Gasteiger partial charge on any atom is 0.419 e. The van der Waals surface area contributed by atoms with Crippen LogP contribution in [0.1, 0.15) is 30.6 Å². The lowest BCUT2D eigenvalue weighted by molar-refractivity contribution is -0.140. The van der Waals surface area contributed by atoms with Crippen molar-refractivity contribution in [2.24, 2.45) is 0 Å². The second-order valence-corrected chi connectivity index (χ2v) is 3.13. The van der Waals surface area contributed by atoms with E-state index in [2.05, 4.69) is 0 Å². The third-order valence-corrected chi connectivity index (χ3v) is 2.08. The molecule has 15 heavy (non-hydrogen) atoms. The molecule has 0 spiro atoms. The minimum absolute atomic E-state index is 0.165. The van der Waals surface area contributed by atoms with Gasteiger partial charge in [-0.25, -0.2) is 4.39 Å². The smallest absolute Gasteiger partial charge is 0.388 e. The summed E-state index contributed by atoms with van der Waals surface area (Å²) in [4.78, 5) is 0. The van der Waals surface area contributed by atoms with Crippen LogP contribution in [0.25, 0.3) is 0 Å². The van der Waals surface area contributed by atoms with E-state index in [4.69, 9.17) is 0 Å². The summed E-state index contributed by atoms with van der Waals surface area (Å²) in [6.45, 7) is 1.56. The number of aliphatic hydroxyl groups is 1. The van der Waals surface area contributed by atoms with Gasteiger partial charge in [0.05, 0.1) is 11.7 Å². The highest BCUT2D eigenvalue weighted by Gasteiger charge is 2.35. The Labute approximate surface area is 84.3 Å². The van der Waals surface area contributed by atoms with E-state index in [1.807, 2.05) is 0 Å². The molecule has 0 radical (unpaired) electrons. The molecular formula is C10H10F4O. The minimum atomic E-state index is -4.73. The fraction of sp³-hybridized carbons (Fsp3) is 0.400. The van der Waals surface area contributed by atoms with E-state index in [-0.39, 0.29) is 12.0 Å². The van der Waals surface area contributed by atoms with Crippen molar-refractivity contribution in [3.8, 4) is 0 Å². The van der Waals surface area contributed by atoms with Gasteiger partial charge in [-0.2, -0.15) is 13.2 Å². The largest absolute Gasteiger partial charge is 0.419 e. The summed E-state index contributed by atoms with van der Waals surface area (Å²) in [5.74, 6) is -1.39. The third kappa shape index (κ3) is 2.47. The second kappa shape index (κ2) is 4.18. The van der Waals surface area contributed by atoms with Crippen LogP contribution in [0.3, 0.4) is 0 Å². The van der Waals surface area contributed by atoms with Gasteiger partial charge in [-0.1, -0.05) is 19.1 Å². The average Bonchev–Trinajstić information content (AvgIpc) is 2.15. The SMILES string of the molecule is CC[C@H](O)c1cccc(C(F)(F)F)c1F. The second-order valence-electron chi connectivity index (χ2n) is 3.13. The molecule has 84 valence electrons. The van der Waals surface area contributed by atoms with Crippen LogP contribution >= 0.6 is 0 Å². The molecule has 1 N–H and O–H groups in total. The monoisotopic (exact) mass is 222 g/mol. The Hall–Kier alpha value is -1.10. The van der Waals surface area contributed by atoms with Crippen LogP contribution in [0.15, 0.2) is 18.2 Å². The summed E-state index contributed by atoms with van der Waals surface area (Å²) >= 11 is 0. The summed E-state index contributed by atoms with van der Waals surface area (Å²) in [7, 11) is 0. The zero-order valence-corrected chi connectivity index (χ0v) is 7.98. The Morgan fingerprint density at radius 1 is 1.33 bits per heavy atom. The van der Waals surface area contributed by atoms with Crippen molar-refractivity contribution < 1.29 is 22.7 Å². The molecule has 0 heterocycles. The van der Waals surface area contributed by atoms with Crippen molar-refractivity contribution >= 4 is 0 Å². The van der Waals surface area contributed by atoms with E-state index in [1.165, 1.54) is 0 Å². The number of hydrogen-bond acceptors (Lipinski definition) is 1. The molecule has 0 saturated carbocycles. The topological polar surface area (TPSA) is 20.2 Å². The first kappa shape index (κ1) is 12.0. The fourth-order valence-corrected chi connectivity index (χ4v) is 1.25. The van der Waals surface area contributed by atoms with Crippen molar-refractivity contribution in [2.75, 3.05) is 0 Å². The highest BCUT2D eigenvalue weighted by molar-refractivity contribution is 5.29. The molecule has 0 bridgehead atoms. The normalized spacial score (nSPS) is 14.0. The van der Waals surface area contributed by atoms with Crippen LogP contribution in [-0.4, -0.2) is 5.11 Å². The molecule has 0 aliphatic carbocycles. The molecule has 0 unspecified atom stereocenters. The van der Waals surface area contributed by atoms with Crippen molar-refractivity contribution in [1.29, 1.82) is 0 Å². The third-order valence-electron chi connectivity index (χ3n) is 2.08. The van der Waals surface area contributed by atoms with Gasteiger partial charge in [-0.15, -0.1) is 0 Å². The van der Waals surface area contributed by atoms with E-state index in [9.17, 15) is 22.7 Å². The Bertz CT molecular complexity index is 346. The van der Waals surface area contributed by atoms with Crippen LogP contribution in [0.4, 0.5) is 17.6 Å². The highest BCUT2D eigenvalue weighted by Crippen LogP contribution is 2.34. The molecule has 0 amide bonds. The van der Waals surface area contributed by atoms with Crippen LogP contribution in [0.2, 0.25) is 0 Å².